The van der Waals surface area contributed by atoms with Gasteiger partial charge >= 0.3 is 0 Å². The molecule has 1 unspecified atom stereocenters. The zero-order valence-electron chi connectivity index (χ0n) is 17.7. The summed E-state index contributed by atoms with van der Waals surface area (Å²) in [6.07, 6.45) is 11.8. The molecule has 0 aliphatic carbocycles. The zero-order valence-corrected chi connectivity index (χ0v) is 17.7. The molecule has 0 fully saturated rings. The summed E-state index contributed by atoms with van der Waals surface area (Å²) in [5.41, 5.74) is 7.54. The number of nitrogens with one attached hydrogen (secondary N) is 1. The number of ether oxygens (including phenoxy) is 1. The van der Waals surface area contributed by atoms with Crippen LogP contribution in [0.4, 0.5) is 5.69 Å². The van der Waals surface area contributed by atoms with Gasteiger partial charge in [-0.3, -0.25) is 4.79 Å². The minimum atomic E-state index is -0.310. The Morgan fingerprint density at radius 2 is 2.03 bits per heavy atom. The lowest BCUT2D eigenvalue weighted by Crippen LogP contribution is -2.14. The molecule has 1 aliphatic heterocycles. The number of hydrogen-bond donors (Lipinski definition) is 2. The number of rotatable bonds is 5. The summed E-state index contributed by atoms with van der Waals surface area (Å²) in [5.74, 6) is 0.804. The Bertz CT molecular complexity index is 836. The van der Waals surface area contributed by atoms with Crippen molar-refractivity contribution < 1.29 is 13.9 Å². The summed E-state index contributed by atoms with van der Waals surface area (Å²) < 4.78 is 10.2. The van der Waals surface area contributed by atoms with Crippen molar-refractivity contribution in [3.05, 3.63) is 72.0 Å². The summed E-state index contributed by atoms with van der Waals surface area (Å²) in [5, 5.41) is 10.2. The number of nitrogens with zero attached hydrogens (tertiary/aromatic N) is 2. The number of hydrogen-bond acceptors (Lipinski definition) is 6. The van der Waals surface area contributed by atoms with Crippen molar-refractivity contribution in [1.82, 2.24) is 10.2 Å². The first-order chi connectivity index (χ1) is 14.0. The van der Waals surface area contributed by atoms with Crippen molar-refractivity contribution in [2.24, 2.45) is 5.73 Å². The molecule has 156 valence electrons. The molecular weight excluding hydrogens is 368 g/mol. The summed E-state index contributed by atoms with van der Waals surface area (Å²) in [6.45, 7) is 6.17. The predicted octanol–water partition coefficient (Wildman–Crippen LogP) is 4.02. The van der Waals surface area contributed by atoms with E-state index in [0.717, 1.165) is 17.0 Å². The molecule has 1 aromatic heterocycles. The first-order valence-electron chi connectivity index (χ1n) is 9.29. The Balaban J connectivity index is 0.000000327. The number of methoxy groups -OCH3 is 1. The van der Waals surface area contributed by atoms with Gasteiger partial charge in [0.1, 0.15) is 5.75 Å². The van der Waals surface area contributed by atoms with Crippen LogP contribution in [0.25, 0.3) is 0 Å². The maximum Gasteiger partial charge on any atom is 0.232 e. The second-order valence-corrected chi connectivity index (χ2v) is 6.19. The monoisotopic (exact) mass is 398 g/mol. The molecule has 0 saturated carbocycles. The van der Waals surface area contributed by atoms with Crippen LogP contribution in [0.2, 0.25) is 0 Å². The molecule has 0 radical (unpaired) electrons. The van der Waals surface area contributed by atoms with Crippen LogP contribution in [0.5, 0.6) is 5.75 Å². The van der Waals surface area contributed by atoms with E-state index in [1.165, 1.54) is 19.0 Å². The second-order valence-electron chi connectivity index (χ2n) is 6.19. The van der Waals surface area contributed by atoms with Gasteiger partial charge < -0.3 is 20.2 Å². The van der Waals surface area contributed by atoms with Crippen LogP contribution in [0.3, 0.4) is 0 Å². The largest absolute Gasteiger partial charge is 0.497 e. The van der Waals surface area contributed by atoms with E-state index in [0.29, 0.717) is 12.3 Å². The number of nitrogens with two attached hydrogens (primary N) is 1. The van der Waals surface area contributed by atoms with Crippen LogP contribution < -0.4 is 15.8 Å². The van der Waals surface area contributed by atoms with Crippen molar-refractivity contribution in [2.75, 3.05) is 19.5 Å². The van der Waals surface area contributed by atoms with Gasteiger partial charge in [0.15, 0.2) is 0 Å². The fourth-order valence-electron chi connectivity index (χ4n) is 2.52. The number of carbonyl (C=O) groups excluding carboxylic acids is 1. The van der Waals surface area contributed by atoms with Crippen molar-refractivity contribution in [1.29, 1.82) is 0 Å². The van der Waals surface area contributed by atoms with E-state index in [4.69, 9.17) is 9.15 Å². The van der Waals surface area contributed by atoms with E-state index in [-0.39, 0.29) is 11.8 Å². The molecule has 7 heteroatoms. The molecule has 1 aliphatic rings. The number of anilines is 1. The van der Waals surface area contributed by atoms with Crippen molar-refractivity contribution in [2.45, 2.75) is 33.1 Å². The van der Waals surface area contributed by atoms with E-state index in [9.17, 15) is 4.79 Å². The van der Waals surface area contributed by atoms with Gasteiger partial charge in [0.2, 0.25) is 18.2 Å². The number of benzene rings is 1. The molecule has 3 rings (SSSR count). The zero-order chi connectivity index (χ0) is 21.6. The SMILES string of the molecule is CC=C/C=C\C=C(C)C.CN.COc1ccc2c(c1)C(Cc1nnco1)C(=O)N2. The number of allylic oxidation sites excluding steroid dienone is 6. The summed E-state index contributed by atoms with van der Waals surface area (Å²) in [4.78, 5) is 11.9. The van der Waals surface area contributed by atoms with Gasteiger partial charge in [0.05, 0.1) is 13.0 Å². The van der Waals surface area contributed by atoms with Gasteiger partial charge in [-0.25, -0.2) is 0 Å². The normalized spacial score (nSPS) is 14.4. The molecule has 3 N–H and O–H groups in total. The standard InChI is InChI=1S/C12H11N3O3.C9H14.CH5N/c1-17-7-2-3-10-8(4-7)9(12(16)14-10)5-11-15-13-6-18-11;1-4-5-6-7-8-9(2)3;1-2/h2-4,6,9H,5H2,1H3,(H,14,16);4-8H,1-3H3;2H2,1H3/b;5-4?,7-6-;. The third-order valence-electron chi connectivity index (χ3n) is 3.84. The topological polar surface area (TPSA) is 103 Å². The Labute approximate surface area is 172 Å². The average Bonchev–Trinajstić information content (AvgIpc) is 3.35. The van der Waals surface area contributed by atoms with Crippen LogP contribution in [0.15, 0.2) is 65.0 Å². The fraction of sp³-hybridized carbons (Fsp3) is 0.318. The average molecular weight is 399 g/mol. The number of aromatic nitrogens is 2. The quantitative estimate of drug-likeness (QED) is 0.738. The molecular formula is C22H30N4O3. The van der Waals surface area contributed by atoms with Crippen LogP contribution in [-0.2, 0) is 11.2 Å². The molecule has 2 aromatic rings. The van der Waals surface area contributed by atoms with E-state index >= 15 is 0 Å². The highest BCUT2D eigenvalue weighted by Crippen LogP contribution is 2.36. The molecule has 1 atom stereocenters. The molecule has 0 saturated heterocycles. The summed E-state index contributed by atoms with van der Waals surface area (Å²) in [6, 6.07) is 5.50. The first-order valence-corrected chi connectivity index (χ1v) is 9.29. The van der Waals surface area contributed by atoms with Crippen molar-refractivity contribution in [3.63, 3.8) is 0 Å². The maximum atomic E-state index is 11.9. The lowest BCUT2D eigenvalue weighted by Gasteiger charge is -2.07. The third kappa shape index (κ3) is 7.75. The molecule has 2 heterocycles. The van der Waals surface area contributed by atoms with E-state index < -0.39 is 0 Å². The highest BCUT2D eigenvalue weighted by atomic mass is 16.5. The van der Waals surface area contributed by atoms with Crippen LogP contribution >= 0.6 is 0 Å². The molecule has 1 aromatic carbocycles. The lowest BCUT2D eigenvalue weighted by atomic mass is 9.97. The molecule has 0 bridgehead atoms. The summed E-state index contributed by atoms with van der Waals surface area (Å²) >= 11 is 0. The smallest absolute Gasteiger partial charge is 0.232 e. The van der Waals surface area contributed by atoms with Gasteiger partial charge in [-0.15, -0.1) is 10.2 Å². The minimum absolute atomic E-state index is 0.0588. The molecule has 1 amide bonds. The highest BCUT2D eigenvalue weighted by Gasteiger charge is 2.32. The Morgan fingerprint density at radius 1 is 1.28 bits per heavy atom. The maximum absolute atomic E-state index is 11.9. The number of fused-ring (bicyclic) bond motifs is 1. The van der Waals surface area contributed by atoms with Gasteiger partial charge in [0.25, 0.3) is 0 Å². The Morgan fingerprint density at radius 3 is 2.62 bits per heavy atom. The van der Waals surface area contributed by atoms with E-state index in [1.807, 2.05) is 49.4 Å². The lowest BCUT2D eigenvalue weighted by molar-refractivity contribution is -0.117. The third-order valence-corrected chi connectivity index (χ3v) is 3.84. The van der Waals surface area contributed by atoms with Crippen LogP contribution in [0, 0.1) is 0 Å². The van der Waals surface area contributed by atoms with E-state index in [1.54, 1.807) is 7.11 Å². The Kier molecular flexibility index (Phi) is 10.7. The Hall–Kier alpha value is -3.19. The minimum Gasteiger partial charge on any atom is -0.497 e. The van der Waals surface area contributed by atoms with E-state index in [2.05, 4.69) is 41.2 Å². The van der Waals surface area contributed by atoms with Crippen LogP contribution in [-0.4, -0.2) is 30.3 Å². The first kappa shape index (κ1) is 23.8. The highest BCUT2D eigenvalue weighted by molar-refractivity contribution is 6.03. The van der Waals surface area contributed by atoms with Gasteiger partial charge in [-0.05, 0) is 51.6 Å². The van der Waals surface area contributed by atoms with Gasteiger partial charge in [-0.2, -0.15) is 0 Å². The molecule has 29 heavy (non-hydrogen) atoms. The molecule has 0 spiro atoms. The van der Waals surface area contributed by atoms with Crippen LogP contribution in [0.1, 0.15) is 38.1 Å². The van der Waals surface area contributed by atoms with Crippen molar-refractivity contribution >= 4 is 11.6 Å². The summed E-state index contributed by atoms with van der Waals surface area (Å²) in [7, 11) is 3.10. The predicted molar refractivity (Wildman–Crippen MR) is 116 cm³/mol. The van der Waals surface area contributed by atoms with Gasteiger partial charge in [0, 0.05) is 12.1 Å². The number of carbonyl (C=O) groups is 1. The number of amides is 1. The fourth-order valence-corrected chi connectivity index (χ4v) is 2.52. The molecule has 7 nitrogen and oxygen atoms in total. The van der Waals surface area contributed by atoms with Crippen molar-refractivity contribution in [3.8, 4) is 5.75 Å². The second kappa shape index (κ2) is 13.1. The van der Waals surface area contributed by atoms with Gasteiger partial charge in [-0.1, -0.05) is 36.0 Å².